The number of amides is 1. The van der Waals surface area contributed by atoms with Crippen molar-refractivity contribution in [2.24, 2.45) is 0 Å². The second-order valence-corrected chi connectivity index (χ2v) is 5.05. The van der Waals surface area contributed by atoms with E-state index < -0.39 is 12.0 Å². The number of carboxylic acid groups (broad SMARTS) is 1. The Hall–Kier alpha value is -1.82. The van der Waals surface area contributed by atoms with Gasteiger partial charge in [0.25, 0.3) is 0 Å². The van der Waals surface area contributed by atoms with Gasteiger partial charge in [-0.05, 0) is 23.8 Å². The van der Waals surface area contributed by atoms with Crippen molar-refractivity contribution in [1.82, 2.24) is 4.90 Å². The predicted octanol–water partition coefficient (Wildman–Crippen LogP) is 1.82. The highest BCUT2D eigenvalue weighted by molar-refractivity contribution is 7.99. The van der Waals surface area contributed by atoms with Crippen LogP contribution in [0.25, 0.3) is 6.08 Å². The molecule has 6 heteroatoms. The summed E-state index contributed by atoms with van der Waals surface area (Å²) in [7, 11) is 0. The van der Waals surface area contributed by atoms with Crippen LogP contribution < -0.4 is 0 Å². The van der Waals surface area contributed by atoms with Crippen LogP contribution in [-0.4, -0.2) is 39.6 Å². The van der Waals surface area contributed by atoms with Gasteiger partial charge in [-0.25, -0.2) is 9.18 Å². The normalized spacial score (nSPS) is 19.0. The van der Waals surface area contributed by atoms with Crippen LogP contribution in [0.3, 0.4) is 0 Å². The summed E-state index contributed by atoms with van der Waals surface area (Å²) in [5.41, 5.74) is 0.688. The topological polar surface area (TPSA) is 57.6 Å². The average Bonchev–Trinajstić information content (AvgIpc) is 2.87. The van der Waals surface area contributed by atoms with E-state index in [0.29, 0.717) is 17.2 Å². The number of aliphatic carboxylic acids is 1. The molecule has 1 amide bonds. The lowest BCUT2D eigenvalue weighted by atomic mass is 10.2. The molecule has 1 aromatic rings. The molecule has 1 aliphatic heterocycles. The molecule has 100 valence electrons. The van der Waals surface area contributed by atoms with Crippen molar-refractivity contribution in [3.05, 3.63) is 41.7 Å². The van der Waals surface area contributed by atoms with E-state index in [2.05, 4.69) is 0 Å². The molecule has 19 heavy (non-hydrogen) atoms. The molecule has 1 N–H and O–H groups in total. The summed E-state index contributed by atoms with van der Waals surface area (Å²) in [4.78, 5) is 24.2. The minimum absolute atomic E-state index is 0.342. The molecule has 0 aromatic heterocycles. The first-order valence-electron chi connectivity index (χ1n) is 5.63. The third-order valence-electron chi connectivity index (χ3n) is 2.74. The third-order valence-corrected chi connectivity index (χ3v) is 3.75. The summed E-state index contributed by atoms with van der Waals surface area (Å²) in [6.45, 7) is 0. The lowest BCUT2D eigenvalue weighted by Gasteiger charge is -2.18. The minimum atomic E-state index is -0.992. The monoisotopic (exact) mass is 281 g/mol. The quantitative estimate of drug-likeness (QED) is 0.859. The van der Waals surface area contributed by atoms with Crippen LogP contribution in [0.5, 0.6) is 0 Å². The molecule has 0 aliphatic carbocycles. The second kappa shape index (κ2) is 5.88. The lowest BCUT2D eigenvalue weighted by molar-refractivity contribution is -0.146. The second-order valence-electron chi connectivity index (χ2n) is 4.05. The molecule has 0 saturated carbocycles. The number of hydrogen-bond donors (Lipinski definition) is 1. The first-order chi connectivity index (χ1) is 9.08. The lowest BCUT2D eigenvalue weighted by Crippen LogP contribution is -2.40. The van der Waals surface area contributed by atoms with E-state index in [1.54, 1.807) is 18.2 Å². The summed E-state index contributed by atoms with van der Waals surface area (Å²) in [5, 5.41) is 8.98. The number of nitrogens with zero attached hydrogens (tertiary/aromatic N) is 1. The Balaban J connectivity index is 2.04. The Bertz CT molecular complexity index is 515. The molecule has 0 spiro atoms. The van der Waals surface area contributed by atoms with Crippen molar-refractivity contribution >= 4 is 29.7 Å². The van der Waals surface area contributed by atoms with E-state index in [1.807, 2.05) is 0 Å². The summed E-state index contributed by atoms with van der Waals surface area (Å²) >= 11 is 1.41. The zero-order valence-corrected chi connectivity index (χ0v) is 10.8. The van der Waals surface area contributed by atoms with Crippen molar-refractivity contribution in [3.63, 3.8) is 0 Å². The van der Waals surface area contributed by atoms with E-state index >= 15 is 0 Å². The van der Waals surface area contributed by atoms with Crippen LogP contribution in [0.4, 0.5) is 4.39 Å². The van der Waals surface area contributed by atoms with Crippen molar-refractivity contribution in [3.8, 4) is 0 Å². The number of benzene rings is 1. The van der Waals surface area contributed by atoms with Crippen molar-refractivity contribution in [1.29, 1.82) is 0 Å². The number of thioether (sulfide) groups is 1. The Labute approximate surface area is 113 Å². The Kier molecular flexibility index (Phi) is 4.21. The first kappa shape index (κ1) is 13.6. The molecule has 2 rings (SSSR count). The molecular formula is C13H12FNO3S. The summed E-state index contributed by atoms with van der Waals surface area (Å²) < 4.78 is 12.7. The number of rotatable bonds is 3. The van der Waals surface area contributed by atoms with Gasteiger partial charge in [0.2, 0.25) is 5.91 Å². The molecule has 0 radical (unpaired) electrons. The maximum absolute atomic E-state index is 12.7. The van der Waals surface area contributed by atoms with E-state index in [9.17, 15) is 14.0 Å². The zero-order valence-electron chi connectivity index (χ0n) is 9.95. The highest BCUT2D eigenvalue weighted by Gasteiger charge is 2.33. The van der Waals surface area contributed by atoms with Gasteiger partial charge in [-0.15, -0.1) is 11.8 Å². The number of halogens is 1. The van der Waals surface area contributed by atoms with E-state index in [4.69, 9.17) is 5.11 Å². The fourth-order valence-corrected chi connectivity index (χ4v) is 2.86. The van der Waals surface area contributed by atoms with Gasteiger partial charge in [0, 0.05) is 11.8 Å². The minimum Gasteiger partial charge on any atom is -0.480 e. The highest BCUT2D eigenvalue weighted by Crippen LogP contribution is 2.21. The molecule has 4 nitrogen and oxygen atoms in total. The molecule has 1 aliphatic rings. The molecule has 1 fully saturated rings. The van der Waals surface area contributed by atoms with Gasteiger partial charge in [0.1, 0.15) is 11.9 Å². The standard InChI is InChI=1S/C13H12FNO3S/c14-10-4-1-9(2-5-10)3-6-12(16)15-8-19-7-11(15)13(17)18/h1-6,11H,7-8H2,(H,17,18)/b6-3+/t11-/m0/s1. The first-order valence-corrected chi connectivity index (χ1v) is 6.78. The largest absolute Gasteiger partial charge is 0.480 e. The predicted molar refractivity (Wildman–Crippen MR) is 71.0 cm³/mol. The summed E-state index contributed by atoms with van der Waals surface area (Å²) in [6.07, 6.45) is 2.86. The highest BCUT2D eigenvalue weighted by atomic mass is 32.2. The Morgan fingerprint density at radius 2 is 2.05 bits per heavy atom. The van der Waals surface area contributed by atoms with Gasteiger partial charge in [0.15, 0.2) is 0 Å². The summed E-state index contributed by atoms with van der Waals surface area (Å²) in [5.74, 6) is -0.893. The van der Waals surface area contributed by atoms with E-state index in [0.717, 1.165) is 0 Å². The van der Waals surface area contributed by atoms with Crippen molar-refractivity contribution in [2.75, 3.05) is 11.6 Å². The van der Waals surface area contributed by atoms with E-state index in [-0.39, 0.29) is 11.7 Å². The Morgan fingerprint density at radius 3 is 2.68 bits per heavy atom. The number of carboxylic acids is 1. The fourth-order valence-electron chi connectivity index (χ4n) is 1.70. The number of carbonyl (C=O) groups excluding carboxylic acids is 1. The molecule has 1 heterocycles. The molecular weight excluding hydrogens is 269 g/mol. The van der Waals surface area contributed by atoms with Crippen molar-refractivity contribution in [2.45, 2.75) is 6.04 Å². The zero-order chi connectivity index (χ0) is 13.8. The smallest absolute Gasteiger partial charge is 0.327 e. The fraction of sp³-hybridized carbons (Fsp3) is 0.231. The SMILES string of the molecule is O=C(O)[C@@H]1CSCN1C(=O)/C=C/c1ccc(F)cc1. The van der Waals surface area contributed by atoms with Crippen LogP contribution in [0.15, 0.2) is 30.3 Å². The van der Waals surface area contributed by atoms with Gasteiger partial charge < -0.3 is 10.0 Å². The van der Waals surface area contributed by atoms with Gasteiger partial charge in [-0.2, -0.15) is 0 Å². The third kappa shape index (κ3) is 3.35. The van der Waals surface area contributed by atoms with Crippen LogP contribution in [-0.2, 0) is 9.59 Å². The maximum Gasteiger partial charge on any atom is 0.327 e. The van der Waals surface area contributed by atoms with Crippen LogP contribution in [0, 0.1) is 5.82 Å². The number of hydrogen-bond acceptors (Lipinski definition) is 3. The van der Waals surface area contributed by atoms with Crippen molar-refractivity contribution < 1.29 is 19.1 Å². The average molecular weight is 281 g/mol. The van der Waals surface area contributed by atoms with Gasteiger partial charge in [-0.1, -0.05) is 12.1 Å². The Morgan fingerprint density at radius 1 is 1.37 bits per heavy atom. The van der Waals surface area contributed by atoms with Gasteiger partial charge in [0.05, 0.1) is 5.88 Å². The van der Waals surface area contributed by atoms with Gasteiger partial charge >= 0.3 is 5.97 Å². The summed E-state index contributed by atoms with van der Waals surface area (Å²) in [6, 6.07) is 4.93. The molecule has 1 saturated heterocycles. The van der Waals surface area contributed by atoms with Gasteiger partial charge in [-0.3, -0.25) is 4.79 Å². The molecule has 0 bridgehead atoms. The maximum atomic E-state index is 12.7. The van der Waals surface area contributed by atoms with Crippen LogP contribution >= 0.6 is 11.8 Å². The van der Waals surface area contributed by atoms with Crippen LogP contribution in [0.1, 0.15) is 5.56 Å². The number of carbonyl (C=O) groups is 2. The van der Waals surface area contributed by atoms with Crippen LogP contribution in [0.2, 0.25) is 0 Å². The van der Waals surface area contributed by atoms with E-state index in [1.165, 1.54) is 34.9 Å². The molecule has 0 unspecified atom stereocenters. The molecule has 1 atom stereocenters. The molecule has 1 aromatic carbocycles.